The number of likely N-dealkylation sites (N-methyl/N-ethyl adjacent to an activating group) is 2. The van der Waals surface area contributed by atoms with Crippen LogP contribution in [0.3, 0.4) is 0 Å². The summed E-state index contributed by atoms with van der Waals surface area (Å²) in [6, 6.07) is 6.68. The summed E-state index contributed by atoms with van der Waals surface area (Å²) < 4.78 is 11.7. The Bertz CT molecular complexity index is 1300. The molecule has 0 bridgehead atoms. The Balaban J connectivity index is 2.16. The van der Waals surface area contributed by atoms with E-state index in [-0.39, 0.29) is 42.7 Å². The number of ether oxygens (including phenoxy) is 2. The fourth-order valence-electron chi connectivity index (χ4n) is 7.14. The summed E-state index contributed by atoms with van der Waals surface area (Å²) in [6.45, 7) is 11.0. The largest absolute Gasteiger partial charge is 0.465 e. The van der Waals surface area contributed by atoms with Gasteiger partial charge in [-0.2, -0.15) is 0 Å². The number of benzene rings is 1. The molecule has 1 aromatic rings. The van der Waals surface area contributed by atoms with E-state index in [0.29, 0.717) is 24.9 Å². The number of nitrogens with zero attached hydrogens (tertiary/aromatic N) is 3. The van der Waals surface area contributed by atoms with Crippen molar-refractivity contribution in [3.8, 4) is 0 Å². The Labute approximate surface area is 303 Å². The lowest BCUT2D eigenvalue weighted by Crippen LogP contribution is -2.55. The molecular formula is C37H61N5O9. The number of carbonyl (C=O) groups is 5. The minimum absolute atomic E-state index is 0.0257. The lowest BCUT2D eigenvalue weighted by Gasteiger charge is -2.39. The second-order valence-electron chi connectivity index (χ2n) is 14.1. The molecule has 0 spiro atoms. The smallest absolute Gasteiger partial charge is 0.407 e. The summed E-state index contributed by atoms with van der Waals surface area (Å²) in [5, 5.41) is 25.7. The van der Waals surface area contributed by atoms with Gasteiger partial charge in [0.2, 0.25) is 23.6 Å². The van der Waals surface area contributed by atoms with E-state index in [1.807, 2.05) is 32.0 Å². The standard InChI is InChI=1S/C37H61N5O9/c1-11-23(4)32(40(7)30(44)21-38-36(47)31(22(2)3)41(8)37(48)49)28(50-9)20-29(43)42-19-15-18-27(42)34(51-10)24(5)35(46)39-25(6)33(45)26-16-13-12-14-17-26/h12-14,16-17,22-25,27-28,31-34,45H,11,15,18-21H2,1-10H3,(H,38,47)(H,39,46)(H,48,49)/t23-,24?,25?,27?,28?,31?,32?,33?,34?/m0/s1. The Morgan fingerprint density at radius 2 is 1.59 bits per heavy atom. The zero-order valence-corrected chi connectivity index (χ0v) is 32.0. The molecule has 1 aromatic carbocycles. The number of methoxy groups -OCH3 is 2. The topological polar surface area (TPSA) is 178 Å². The molecule has 1 heterocycles. The number of hydrogen-bond acceptors (Lipinski definition) is 8. The van der Waals surface area contributed by atoms with Gasteiger partial charge >= 0.3 is 6.09 Å². The summed E-state index contributed by atoms with van der Waals surface area (Å²) in [4.78, 5) is 69.4. The van der Waals surface area contributed by atoms with Gasteiger partial charge in [-0.25, -0.2) is 4.79 Å². The highest BCUT2D eigenvalue weighted by molar-refractivity contribution is 5.89. The molecule has 1 saturated heterocycles. The lowest BCUT2D eigenvalue weighted by atomic mass is 9.90. The van der Waals surface area contributed by atoms with Crippen molar-refractivity contribution >= 4 is 29.7 Å². The number of nitrogens with one attached hydrogen (secondary N) is 2. The average Bonchev–Trinajstić information content (AvgIpc) is 3.59. The van der Waals surface area contributed by atoms with Gasteiger partial charge in [0.05, 0.1) is 55.3 Å². The number of aliphatic hydroxyl groups excluding tert-OH is 1. The van der Waals surface area contributed by atoms with E-state index in [9.17, 15) is 34.2 Å². The lowest BCUT2D eigenvalue weighted by molar-refractivity contribution is -0.146. The van der Waals surface area contributed by atoms with Crippen LogP contribution in [0.4, 0.5) is 4.79 Å². The first-order chi connectivity index (χ1) is 24.0. The number of rotatable bonds is 19. The quantitative estimate of drug-likeness (QED) is 0.167. The highest BCUT2D eigenvalue weighted by Gasteiger charge is 2.42. The van der Waals surface area contributed by atoms with Crippen molar-refractivity contribution in [2.24, 2.45) is 17.8 Å². The van der Waals surface area contributed by atoms with Crippen molar-refractivity contribution in [2.45, 2.75) is 110 Å². The summed E-state index contributed by atoms with van der Waals surface area (Å²) >= 11 is 0. The highest BCUT2D eigenvalue weighted by atomic mass is 16.5. The molecule has 0 saturated carbocycles. The van der Waals surface area contributed by atoms with Crippen LogP contribution in [0.5, 0.6) is 0 Å². The van der Waals surface area contributed by atoms with Crippen LogP contribution in [0, 0.1) is 17.8 Å². The molecule has 4 N–H and O–H groups in total. The van der Waals surface area contributed by atoms with Crippen LogP contribution in [-0.2, 0) is 28.7 Å². The van der Waals surface area contributed by atoms with Crippen LogP contribution >= 0.6 is 0 Å². The molecule has 0 aromatic heterocycles. The minimum Gasteiger partial charge on any atom is -0.465 e. The van der Waals surface area contributed by atoms with E-state index in [2.05, 4.69) is 10.6 Å². The molecule has 1 fully saturated rings. The molecule has 0 aliphatic carbocycles. The Hall–Kier alpha value is -3.75. The first-order valence-corrected chi connectivity index (χ1v) is 17.9. The second-order valence-corrected chi connectivity index (χ2v) is 14.1. The summed E-state index contributed by atoms with van der Waals surface area (Å²) in [6.07, 6.45) is -1.40. The van der Waals surface area contributed by atoms with E-state index in [0.717, 1.165) is 11.3 Å². The molecule has 5 amide bonds. The van der Waals surface area contributed by atoms with E-state index in [1.54, 1.807) is 51.8 Å². The number of carbonyl (C=O) groups excluding carboxylic acids is 4. The van der Waals surface area contributed by atoms with Crippen molar-refractivity contribution in [1.82, 2.24) is 25.3 Å². The Kier molecular flexibility index (Phi) is 17.3. The molecule has 14 heteroatoms. The maximum atomic E-state index is 14.0. The van der Waals surface area contributed by atoms with Gasteiger partial charge < -0.3 is 40.1 Å². The summed E-state index contributed by atoms with van der Waals surface area (Å²) in [7, 11) is 5.95. The molecule has 288 valence electrons. The van der Waals surface area contributed by atoms with Gasteiger partial charge in [-0.1, -0.05) is 71.4 Å². The normalized spacial score (nSPS) is 19.2. The number of likely N-dealkylation sites (tertiary alicyclic amines) is 1. The Morgan fingerprint density at radius 3 is 2.12 bits per heavy atom. The molecular weight excluding hydrogens is 658 g/mol. The van der Waals surface area contributed by atoms with E-state index in [4.69, 9.17) is 9.47 Å². The minimum atomic E-state index is -1.25. The van der Waals surface area contributed by atoms with Crippen molar-refractivity contribution in [3.05, 3.63) is 35.9 Å². The first kappa shape index (κ1) is 43.4. The molecule has 14 nitrogen and oxygen atoms in total. The van der Waals surface area contributed by atoms with Gasteiger partial charge in [0.1, 0.15) is 6.04 Å². The fraction of sp³-hybridized carbons (Fsp3) is 0.703. The number of hydrogen-bond donors (Lipinski definition) is 4. The van der Waals surface area contributed by atoms with Crippen molar-refractivity contribution in [1.29, 1.82) is 0 Å². The number of amides is 5. The zero-order chi connectivity index (χ0) is 38.6. The van der Waals surface area contributed by atoms with E-state index in [1.165, 1.54) is 26.2 Å². The maximum absolute atomic E-state index is 14.0. The van der Waals surface area contributed by atoms with Crippen LogP contribution in [0.25, 0.3) is 0 Å². The van der Waals surface area contributed by atoms with Crippen LogP contribution in [-0.4, -0.2) is 132 Å². The predicted octanol–water partition coefficient (Wildman–Crippen LogP) is 2.90. The third-order valence-corrected chi connectivity index (χ3v) is 10.3. The average molecular weight is 720 g/mol. The molecule has 1 aliphatic rings. The monoisotopic (exact) mass is 719 g/mol. The van der Waals surface area contributed by atoms with Crippen LogP contribution < -0.4 is 10.6 Å². The summed E-state index contributed by atoms with van der Waals surface area (Å²) in [5.41, 5.74) is 0.692. The summed E-state index contributed by atoms with van der Waals surface area (Å²) in [5.74, 6) is -2.50. The van der Waals surface area contributed by atoms with Gasteiger partial charge in [0.15, 0.2) is 0 Å². The zero-order valence-electron chi connectivity index (χ0n) is 32.0. The van der Waals surface area contributed by atoms with E-state index < -0.39 is 60.3 Å². The van der Waals surface area contributed by atoms with Gasteiger partial charge in [0, 0.05) is 34.9 Å². The Morgan fingerprint density at radius 1 is 0.961 bits per heavy atom. The molecule has 2 rings (SSSR count). The predicted molar refractivity (Wildman–Crippen MR) is 193 cm³/mol. The first-order valence-electron chi connectivity index (χ1n) is 17.9. The van der Waals surface area contributed by atoms with Gasteiger partial charge in [-0.05, 0) is 37.2 Å². The van der Waals surface area contributed by atoms with E-state index >= 15 is 0 Å². The highest BCUT2D eigenvalue weighted by Crippen LogP contribution is 2.29. The van der Waals surface area contributed by atoms with Gasteiger partial charge in [-0.3, -0.25) is 24.1 Å². The molecule has 51 heavy (non-hydrogen) atoms. The van der Waals surface area contributed by atoms with Crippen LogP contribution in [0.1, 0.15) is 78.9 Å². The van der Waals surface area contributed by atoms with Crippen LogP contribution in [0.2, 0.25) is 0 Å². The number of aliphatic hydroxyl groups is 1. The second kappa shape index (κ2) is 20.3. The molecule has 9 atom stereocenters. The van der Waals surface area contributed by atoms with Crippen molar-refractivity contribution in [2.75, 3.05) is 41.4 Å². The van der Waals surface area contributed by atoms with Crippen LogP contribution in [0.15, 0.2) is 30.3 Å². The third-order valence-electron chi connectivity index (χ3n) is 10.3. The van der Waals surface area contributed by atoms with Gasteiger partial charge in [-0.15, -0.1) is 0 Å². The number of carboxylic acid groups (broad SMARTS) is 1. The van der Waals surface area contributed by atoms with Crippen molar-refractivity contribution in [3.63, 3.8) is 0 Å². The van der Waals surface area contributed by atoms with Crippen molar-refractivity contribution < 1.29 is 43.7 Å². The molecule has 8 unspecified atom stereocenters. The molecule has 1 aliphatic heterocycles. The van der Waals surface area contributed by atoms with Gasteiger partial charge in [0.25, 0.3) is 0 Å². The SMILES string of the molecule is CC[C@H](C)C(C(CC(=O)N1CCCC1C(OC)C(C)C(=O)NC(C)C(O)c1ccccc1)OC)N(C)C(=O)CNC(=O)C(C(C)C)N(C)C(=O)O. The third kappa shape index (κ3) is 11.4. The fourth-order valence-corrected chi connectivity index (χ4v) is 7.14. The maximum Gasteiger partial charge on any atom is 0.407 e. The molecule has 0 radical (unpaired) electrons.